The molecule has 0 saturated carbocycles. The van der Waals surface area contributed by atoms with Crippen molar-refractivity contribution in [2.75, 3.05) is 0 Å². The van der Waals surface area contributed by atoms with Crippen LogP contribution in [-0.2, 0) is 0 Å². The van der Waals surface area contributed by atoms with Crippen LogP contribution in [-0.4, -0.2) is 0 Å². The fourth-order valence-corrected chi connectivity index (χ4v) is 1.71. The Balaban J connectivity index is 2.50. The topological polar surface area (TPSA) is 0 Å². The molecule has 0 fully saturated rings. The summed E-state index contributed by atoms with van der Waals surface area (Å²) in [6, 6.07) is 9.40. The highest BCUT2D eigenvalue weighted by atomic mass is 14.3. The number of rotatable bonds is 0. The van der Waals surface area contributed by atoms with Gasteiger partial charge >= 0.3 is 0 Å². The van der Waals surface area contributed by atoms with Crippen LogP contribution in [0.4, 0.5) is 0 Å². The van der Waals surface area contributed by atoms with Gasteiger partial charge in [0.15, 0.2) is 0 Å². The number of hydrogen-bond donors (Lipinski definition) is 0. The van der Waals surface area contributed by atoms with E-state index in [4.69, 9.17) is 0 Å². The van der Waals surface area contributed by atoms with Gasteiger partial charge in [0, 0.05) is 0 Å². The number of benzene rings is 1. The molecule has 0 aromatic heterocycles. The summed E-state index contributed by atoms with van der Waals surface area (Å²) < 4.78 is 0. The molecule has 1 aliphatic rings. The first-order valence-electron chi connectivity index (χ1n) is 3.80. The van der Waals surface area contributed by atoms with Crippen molar-refractivity contribution < 1.29 is 0 Å². The monoisotopic (exact) mass is 131 g/mol. The average molecular weight is 131 g/mol. The molecule has 2 unspecified atom stereocenters. The molecule has 0 saturated heterocycles. The van der Waals surface area contributed by atoms with Gasteiger partial charge in [-0.3, -0.25) is 0 Å². The molecule has 0 N–H and O–H groups in total. The second kappa shape index (κ2) is 1.85. The van der Waals surface area contributed by atoms with Crippen LogP contribution < -0.4 is 0 Å². The molecule has 1 radical (unpaired) electrons. The largest absolute Gasteiger partial charge is 0.0578 e. The molecular weight excluding hydrogens is 120 g/mol. The normalized spacial score (nSPS) is 29.0. The van der Waals surface area contributed by atoms with Crippen LogP contribution in [0.15, 0.2) is 18.2 Å². The maximum atomic E-state index is 3.10. The summed E-state index contributed by atoms with van der Waals surface area (Å²) in [5, 5.41) is 0. The van der Waals surface area contributed by atoms with Crippen LogP contribution in [0.1, 0.15) is 36.8 Å². The Morgan fingerprint density at radius 3 is 2.60 bits per heavy atom. The van der Waals surface area contributed by atoms with Gasteiger partial charge in [-0.2, -0.15) is 0 Å². The zero-order valence-corrected chi connectivity index (χ0v) is 6.39. The van der Waals surface area contributed by atoms with Crippen LogP contribution in [0.25, 0.3) is 0 Å². The van der Waals surface area contributed by atoms with Gasteiger partial charge in [-0.05, 0) is 29.0 Å². The van der Waals surface area contributed by atoms with Crippen molar-refractivity contribution >= 4 is 0 Å². The molecule has 0 amide bonds. The minimum atomic E-state index is 0.757. The van der Waals surface area contributed by atoms with E-state index < -0.39 is 0 Å². The van der Waals surface area contributed by atoms with E-state index in [9.17, 15) is 0 Å². The van der Waals surface area contributed by atoms with E-state index in [-0.39, 0.29) is 0 Å². The number of fused-ring (bicyclic) bond motifs is 1. The summed E-state index contributed by atoms with van der Waals surface area (Å²) in [6.07, 6.45) is 0. The van der Waals surface area contributed by atoms with Gasteiger partial charge in [0.1, 0.15) is 0 Å². The Labute approximate surface area is 61.9 Å². The Bertz CT molecular complexity index is 223. The lowest BCUT2D eigenvalue weighted by Crippen LogP contribution is -2.18. The van der Waals surface area contributed by atoms with E-state index in [2.05, 4.69) is 32.0 Å². The van der Waals surface area contributed by atoms with Gasteiger partial charge in [-0.25, -0.2) is 0 Å². The maximum absolute atomic E-state index is 3.10. The Morgan fingerprint density at radius 2 is 1.90 bits per heavy atom. The highest BCUT2D eigenvalue weighted by Gasteiger charge is 2.29. The summed E-state index contributed by atoms with van der Waals surface area (Å²) in [5.74, 6) is 1.53. The first-order chi connectivity index (χ1) is 4.80. The van der Waals surface area contributed by atoms with Crippen molar-refractivity contribution in [3.63, 3.8) is 0 Å². The summed E-state index contributed by atoms with van der Waals surface area (Å²) in [5.41, 5.74) is 3.02. The van der Waals surface area contributed by atoms with Crippen molar-refractivity contribution in [3.8, 4) is 0 Å². The zero-order valence-electron chi connectivity index (χ0n) is 6.39. The SMILES string of the molecule is CC1c2c[c]ccc2C1C. The van der Waals surface area contributed by atoms with E-state index in [1.165, 1.54) is 11.1 Å². The predicted molar refractivity (Wildman–Crippen MR) is 42.1 cm³/mol. The van der Waals surface area contributed by atoms with Crippen LogP contribution >= 0.6 is 0 Å². The van der Waals surface area contributed by atoms with Crippen molar-refractivity contribution in [1.29, 1.82) is 0 Å². The van der Waals surface area contributed by atoms with Crippen LogP contribution in [0.3, 0.4) is 0 Å². The second-order valence-corrected chi connectivity index (χ2v) is 3.13. The predicted octanol–water partition coefficient (Wildman–Crippen LogP) is 2.71. The summed E-state index contributed by atoms with van der Waals surface area (Å²) >= 11 is 0. The lowest BCUT2D eigenvalue weighted by molar-refractivity contribution is 0.542. The molecule has 0 spiro atoms. The maximum Gasteiger partial charge on any atom is -0.0121 e. The highest BCUT2D eigenvalue weighted by molar-refractivity contribution is 5.43. The molecule has 0 aliphatic heterocycles. The molecule has 0 heterocycles. The van der Waals surface area contributed by atoms with Gasteiger partial charge < -0.3 is 0 Å². The molecule has 1 aromatic rings. The highest BCUT2D eigenvalue weighted by Crippen LogP contribution is 2.45. The van der Waals surface area contributed by atoms with E-state index in [0.29, 0.717) is 0 Å². The molecule has 0 nitrogen and oxygen atoms in total. The quantitative estimate of drug-likeness (QED) is 0.508. The van der Waals surface area contributed by atoms with Gasteiger partial charge in [0.2, 0.25) is 0 Å². The summed E-state index contributed by atoms with van der Waals surface area (Å²) in [7, 11) is 0. The third-order valence-electron chi connectivity index (χ3n) is 2.66. The fraction of sp³-hybridized carbons (Fsp3) is 0.400. The smallest absolute Gasteiger partial charge is 0.0121 e. The number of hydrogen-bond acceptors (Lipinski definition) is 0. The van der Waals surface area contributed by atoms with Gasteiger partial charge in [0.25, 0.3) is 0 Å². The Kier molecular flexibility index (Phi) is 1.10. The standard InChI is InChI=1S/C10H11/c1-7-8(2)10-6-4-3-5-9(7)10/h3,5-8H,1-2H3. The molecule has 2 atom stereocenters. The zero-order chi connectivity index (χ0) is 7.14. The van der Waals surface area contributed by atoms with Crippen LogP contribution in [0.5, 0.6) is 0 Å². The van der Waals surface area contributed by atoms with Crippen molar-refractivity contribution in [1.82, 2.24) is 0 Å². The van der Waals surface area contributed by atoms with Gasteiger partial charge in [-0.15, -0.1) is 0 Å². The van der Waals surface area contributed by atoms with Gasteiger partial charge in [-0.1, -0.05) is 32.0 Å². The third kappa shape index (κ3) is 0.566. The van der Waals surface area contributed by atoms with E-state index in [1.807, 2.05) is 6.07 Å². The average Bonchev–Trinajstić information content (AvgIpc) is 2.03. The minimum absolute atomic E-state index is 0.757. The minimum Gasteiger partial charge on any atom is -0.0578 e. The molecule has 2 rings (SSSR count). The summed E-state index contributed by atoms with van der Waals surface area (Å²) in [4.78, 5) is 0. The lowest BCUT2D eigenvalue weighted by Gasteiger charge is -2.34. The molecule has 1 aliphatic carbocycles. The first-order valence-corrected chi connectivity index (χ1v) is 3.80. The molecule has 10 heavy (non-hydrogen) atoms. The van der Waals surface area contributed by atoms with E-state index >= 15 is 0 Å². The lowest BCUT2D eigenvalue weighted by atomic mass is 9.70. The molecule has 1 aromatic carbocycles. The molecule has 0 bridgehead atoms. The van der Waals surface area contributed by atoms with Crippen LogP contribution in [0.2, 0.25) is 0 Å². The molecule has 51 valence electrons. The third-order valence-corrected chi connectivity index (χ3v) is 2.66. The van der Waals surface area contributed by atoms with Gasteiger partial charge in [0.05, 0.1) is 0 Å². The summed E-state index contributed by atoms with van der Waals surface area (Å²) in [6.45, 7) is 4.56. The fourth-order valence-electron chi connectivity index (χ4n) is 1.71. The molecular formula is C10H11. The van der Waals surface area contributed by atoms with Crippen molar-refractivity contribution in [2.45, 2.75) is 25.7 Å². The van der Waals surface area contributed by atoms with Crippen LogP contribution in [0, 0.1) is 6.07 Å². The Morgan fingerprint density at radius 1 is 1.20 bits per heavy atom. The van der Waals surface area contributed by atoms with Crippen molar-refractivity contribution in [2.24, 2.45) is 0 Å². The second-order valence-electron chi connectivity index (χ2n) is 3.13. The first kappa shape index (κ1) is 5.96. The van der Waals surface area contributed by atoms with Crippen molar-refractivity contribution in [3.05, 3.63) is 35.4 Å². The molecule has 0 heteroatoms. The Hall–Kier alpha value is -0.780. The van der Waals surface area contributed by atoms with E-state index in [1.54, 1.807) is 0 Å². The van der Waals surface area contributed by atoms with E-state index in [0.717, 1.165) is 11.8 Å².